The van der Waals surface area contributed by atoms with Gasteiger partial charge in [-0.2, -0.15) is 0 Å². The third-order valence-corrected chi connectivity index (χ3v) is 5.74. The molecular weight excluding hydrogens is 384 g/mol. The van der Waals surface area contributed by atoms with Crippen LogP contribution in [-0.2, 0) is 16.4 Å². The van der Waals surface area contributed by atoms with Gasteiger partial charge in [-0.1, -0.05) is 17.4 Å². The molecule has 0 amide bonds. The summed E-state index contributed by atoms with van der Waals surface area (Å²) in [7, 11) is -3.13. The second-order valence-corrected chi connectivity index (χ2v) is 8.88. The van der Waals surface area contributed by atoms with E-state index in [2.05, 4.69) is 15.6 Å². The SMILES string of the molecule is CC(=S)NCc1cn(-c2cc(F)c(N3CCS(=O)(=O)CC3)c(F)c2)nn1. The van der Waals surface area contributed by atoms with Gasteiger partial charge in [-0.25, -0.2) is 21.9 Å². The molecule has 0 aliphatic carbocycles. The zero-order valence-corrected chi connectivity index (χ0v) is 15.6. The second kappa shape index (κ2) is 7.23. The number of nitrogens with one attached hydrogen (secondary N) is 1. The molecule has 26 heavy (non-hydrogen) atoms. The molecule has 7 nitrogen and oxygen atoms in total. The van der Waals surface area contributed by atoms with Crippen molar-refractivity contribution in [1.29, 1.82) is 0 Å². The van der Waals surface area contributed by atoms with Crippen molar-refractivity contribution in [2.45, 2.75) is 13.5 Å². The van der Waals surface area contributed by atoms with Gasteiger partial charge < -0.3 is 10.2 Å². The van der Waals surface area contributed by atoms with Crippen LogP contribution in [0.25, 0.3) is 5.69 Å². The lowest BCUT2D eigenvalue weighted by Gasteiger charge is -2.29. The zero-order valence-electron chi connectivity index (χ0n) is 13.9. The number of anilines is 1. The quantitative estimate of drug-likeness (QED) is 0.772. The van der Waals surface area contributed by atoms with Crippen molar-refractivity contribution in [2.75, 3.05) is 29.5 Å². The van der Waals surface area contributed by atoms with E-state index in [1.165, 1.54) is 9.58 Å². The fourth-order valence-electron chi connectivity index (χ4n) is 2.64. The lowest BCUT2D eigenvalue weighted by molar-refractivity contribution is 0.559. The van der Waals surface area contributed by atoms with E-state index in [1.807, 2.05) is 0 Å². The minimum Gasteiger partial charge on any atom is -0.374 e. The molecule has 1 fully saturated rings. The van der Waals surface area contributed by atoms with E-state index in [4.69, 9.17) is 12.2 Å². The van der Waals surface area contributed by atoms with Crippen molar-refractivity contribution < 1.29 is 17.2 Å². The number of halogens is 2. The summed E-state index contributed by atoms with van der Waals surface area (Å²) in [5.41, 5.74) is 0.536. The van der Waals surface area contributed by atoms with Crippen LogP contribution in [0.15, 0.2) is 18.3 Å². The fraction of sp³-hybridized carbons (Fsp3) is 0.400. The van der Waals surface area contributed by atoms with Gasteiger partial charge in [0.25, 0.3) is 0 Å². The molecule has 1 aromatic heterocycles. The van der Waals surface area contributed by atoms with Crippen LogP contribution in [0.2, 0.25) is 0 Å². The first-order chi connectivity index (χ1) is 12.2. The summed E-state index contributed by atoms with van der Waals surface area (Å²) < 4.78 is 53.3. The van der Waals surface area contributed by atoms with Crippen LogP contribution in [0.1, 0.15) is 12.6 Å². The highest BCUT2D eigenvalue weighted by molar-refractivity contribution is 7.91. The average molecular weight is 401 g/mol. The molecule has 1 aliphatic rings. The Morgan fingerprint density at radius 1 is 1.27 bits per heavy atom. The number of rotatable bonds is 4. The van der Waals surface area contributed by atoms with E-state index in [-0.39, 0.29) is 36.0 Å². The zero-order chi connectivity index (χ0) is 18.9. The van der Waals surface area contributed by atoms with Crippen LogP contribution in [0.5, 0.6) is 0 Å². The van der Waals surface area contributed by atoms with E-state index < -0.39 is 21.5 Å². The first-order valence-corrected chi connectivity index (χ1v) is 10.1. The van der Waals surface area contributed by atoms with Crippen LogP contribution >= 0.6 is 12.2 Å². The van der Waals surface area contributed by atoms with Crippen LogP contribution in [-0.4, -0.2) is 53.0 Å². The number of sulfone groups is 1. The first kappa shape index (κ1) is 18.6. The van der Waals surface area contributed by atoms with Crippen LogP contribution in [0, 0.1) is 11.6 Å². The highest BCUT2D eigenvalue weighted by Crippen LogP contribution is 2.27. The van der Waals surface area contributed by atoms with Crippen molar-refractivity contribution in [3.05, 3.63) is 35.7 Å². The molecule has 1 saturated heterocycles. The smallest absolute Gasteiger partial charge is 0.153 e. The maximum absolute atomic E-state index is 14.5. The van der Waals surface area contributed by atoms with E-state index in [1.54, 1.807) is 13.1 Å². The summed E-state index contributed by atoms with van der Waals surface area (Å²) >= 11 is 4.91. The molecule has 140 valence electrons. The Kier molecular flexibility index (Phi) is 5.19. The van der Waals surface area contributed by atoms with E-state index in [0.717, 1.165) is 12.1 Å². The van der Waals surface area contributed by atoms with Gasteiger partial charge in [-0.05, 0) is 6.92 Å². The molecule has 2 aromatic rings. The highest BCUT2D eigenvalue weighted by Gasteiger charge is 2.26. The van der Waals surface area contributed by atoms with Gasteiger partial charge in [0, 0.05) is 25.2 Å². The van der Waals surface area contributed by atoms with Gasteiger partial charge in [0.2, 0.25) is 0 Å². The largest absolute Gasteiger partial charge is 0.374 e. The molecule has 1 aliphatic heterocycles. The molecule has 0 radical (unpaired) electrons. The van der Waals surface area contributed by atoms with Crippen molar-refractivity contribution in [2.24, 2.45) is 0 Å². The summed E-state index contributed by atoms with van der Waals surface area (Å²) in [6.07, 6.45) is 1.55. The van der Waals surface area contributed by atoms with Gasteiger partial charge in [0.05, 0.1) is 34.9 Å². The van der Waals surface area contributed by atoms with Gasteiger partial charge >= 0.3 is 0 Å². The Bertz CT molecular complexity index is 908. The third-order valence-electron chi connectivity index (χ3n) is 3.99. The Morgan fingerprint density at radius 2 is 1.88 bits per heavy atom. The lowest BCUT2D eigenvalue weighted by Crippen LogP contribution is -2.41. The van der Waals surface area contributed by atoms with Crippen molar-refractivity contribution in [3.63, 3.8) is 0 Å². The summed E-state index contributed by atoms with van der Waals surface area (Å²) in [6, 6.07) is 2.30. The molecule has 0 atom stereocenters. The Morgan fingerprint density at radius 3 is 2.46 bits per heavy atom. The number of benzene rings is 1. The van der Waals surface area contributed by atoms with Crippen LogP contribution < -0.4 is 10.2 Å². The Balaban J connectivity index is 1.82. The number of hydrogen-bond donors (Lipinski definition) is 1. The van der Waals surface area contributed by atoms with Crippen LogP contribution in [0.4, 0.5) is 14.5 Å². The molecule has 0 saturated carbocycles. The molecule has 11 heteroatoms. The second-order valence-electron chi connectivity index (χ2n) is 5.96. The van der Waals surface area contributed by atoms with Gasteiger partial charge in [0.1, 0.15) is 11.4 Å². The Labute approximate surface area is 154 Å². The number of hydrogen-bond acceptors (Lipinski definition) is 6. The van der Waals surface area contributed by atoms with Crippen molar-refractivity contribution in [1.82, 2.24) is 20.3 Å². The van der Waals surface area contributed by atoms with Crippen molar-refractivity contribution in [3.8, 4) is 5.69 Å². The Hall–Kier alpha value is -2.14. The molecule has 0 unspecified atom stereocenters. The van der Waals surface area contributed by atoms with E-state index >= 15 is 0 Å². The monoisotopic (exact) mass is 401 g/mol. The molecule has 0 bridgehead atoms. The normalized spacial score (nSPS) is 16.5. The molecule has 1 aromatic carbocycles. The van der Waals surface area contributed by atoms with Gasteiger partial charge in [0.15, 0.2) is 21.5 Å². The van der Waals surface area contributed by atoms with Gasteiger partial charge in [-0.3, -0.25) is 0 Å². The molecule has 1 N–H and O–H groups in total. The fourth-order valence-corrected chi connectivity index (χ4v) is 3.92. The standard InChI is InChI=1S/C15H17F2N5O2S2/c1-10(25)18-8-11-9-22(20-19-11)12-6-13(16)15(14(17)7-12)21-2-4-26(23,24)5-3-21/h6-7,9H,2-5,8H2,1H3,(H,18,25). The topological polar surface area (TPSA) is 80.1 Å². The minimum absolute atomic E-state index is 0.0611. The maximum Gasteiger partial charge on any atom is 0.153 e. The molecule has 3 rings (SSSR count). The summed E-state index contributed by atoms with van der Waals surface area (Å²) in [4.78, 5) is 2.01. The number of aromatic nitrogens is 3. The first-order valence-electron chi connectivity index (χ1n) is 7.85. The van der Waals surface area contributed by atoms with Gasteiger partial charge in [-0.15, -0.1) is 5.10 Å². The molecule has 0 spiro atoms. The summed E-state index contributed by atoms with van der Waals surface area (Å²) in [5, 5.41) is 10.7. The predicted octanol–water partition coefficient (Wildman–Crippen LogP) is 1.22. The minimum atomic E-state index is -3.13. The highest BCUT2D eigenvalue weighted by atomic mass is 32.2. The molecule has 2 heterocycles. The van der Waals surface area contributed by atoms with E-state index in [0.29, 0.717) is 17.2 Å². The van der Waals surface area contributed by atoms with Crippen LogP contribution in [0.3, 0.4) is 0 Å². The third kappa shape index (κ3) is 4.15. The van der Waals surface area contributed by atoms with Crippen molar-refractivity contribution >= 4 is 32.7 Å². The average Bonchev–Trinajstić information content (AvgIpc) is 3.02. The maximum atomic E-state index is 14.5. The number of nitrogens with zero attached hydrogens (tertiary/aromatic N) is 4. The predicted molar refractivity (Wildman–Crippen MR) is 97.3 cm³/mol. The lowest BCUT2D eigenvalue weighted by atomic mass is 10.2. The van der Waals surface area contributed by atoms with E-state index in [9.17, 15) is 17.2 Å². The summed E-state index contributed by atoms with van der Waals surface area (Å²) in [6.45, 7) is 2.22. The number of thiocarbonyl (C=S) groups is 1. The molecular formula is C15H17F2N5O2S2. The summed E-state index contributed by atoms with van der Waals surface area (Å²) in [5.74, 6) is -1.79.